The first-order chi connectivity index (χ1) is 19.5. The molecule has 1 fully saturated rings. The average Bonchev–Trinajstić information content (AvgIpc) is 3.51. The van der Waals surface area contributed by atoms with E-state index in [0.29, 0.717) is 28.8 Å². The molecule has 0 aliphatic carbocycles. The summed E-state index contributed by atoms with van der Waals surface area (Å²) < 4.78 is 13.4. The van der Waals surface area contributed by atoms with Crippen molar-refractivity contribution in [1.29, 1.82) is 0 Å². The van der Waals surface area contributed by atoms with Crippen LogP contribution in [0.3, 0.4) is 0 Å². The van der Waals surface area contributed by atoms with E-state index in [0.717, 1.165) is 45.1 Å². The van der Waals surface area contributed by atoms with Crippen molar-refractivity contribution in [3.05, 3.63) is 113 Å². The monoisotopic (exact) mass is 567 g/mol. The molecule has 3 aromatic carbocycles. The standard InChI is InChI=1S/C32H29N3O3S2/c1-4-18-38-27-14-15-28(22(2)19-27)30-24(21-35(33-30)25-8-6-5-7-9-25)20-29-31(36)34(32(39)40-29)17-16-23-10-12-26(37-3)13-11-23/h4-15,19-21H,1,16-18H2,2-3H3. The number of aryl methyl sites for hydroxylation is 1. The molecule has 4 aromatic rings. The minimum atomic E-state index is -0.0909. The number of amides is 1. The number of methoxy groups -OCH3 is 1. The highest BCUT2D eigenvalue weighted by molar-refractivity contribution is 8.26. The molecule has 8 heteroatoms. The Morgan fingerprint density at radius 3 is 2.50 bits per heavy atom. The van der Waals surface area contributed by atoms with Gasteiger partial charge < -0.3 is 9.47 Å². The number of benzene rings is 3. The average molecular weight is 568 g/mol. The van der Waals surface area contributed by atoms with Crippen LogP contribution in [0.2, 0.25) is 0 Å². The molecule has 40 heavy (non-hydrogen) atoms. The van der Waals surface area contributed by atoms with Crippen LogP contribution in [0.25, 0.3) is 23.0 Å². The summed E-state index contributed by atoms with van der Waals surface area (Å²) in [6.45, 7) is 6.69. The van der Waals surface area contributed by atoms with Crippen LogP contribution in [0.5, 0.6) is 11.5 Å². The summed E-state index contributed by atoms with van der Waals surface area (Å²) in [4.78, 5) is 15.7. The van der Waals surface area contributed by atoms with Crippen molar-refractivity contribution < 1.29 is 14.3 Å². The van der Waals surface area contributed by atoms with Gasteiger partial charge in [-0.15, -0.1) is 0 Å². The van der Waals surface area contributed by atoms with Crippen LogP contribution in [0.4, 0.5) is 0 Å². The summed E-state index contributed by atoms with van der Waals surface area (Å²) in [7, 11) is 1.64. The Kier molecular flexibility index (Phi) is 8.48. The Hall–Kier alpha value is -4.14. The zero-order valence-corrected chi connectivity index (χ0v) is 24.0. The first kappa shape index (κ1) is 27.4. The molecule has 1 saturated heterocycles. The van der Waals surface area contributed by atoms with Crippen LogP contribution in [0.15, 0.2) is 96.6 Å². The van der Waals surface area contributed by atoms with Crippen LogP contribution in [-0.4, -0.2) is 45.2 Å². The molecule has 1 aliphatic rings. The van der Waals surface area contributed by atoms with Gasteiger partial charge in [-0.05, 0) is 73.0 Å². The Morgan fingerprint density at radius 1 is 1.05 bits per heavy atom. The van der Waals surface area contributed by atoms with Gasteiger partial charge in [0.05, 0.1) is 17.7 Å². The SMILES string of the molecule is C=CCOc1ccc(-c2nn(-c3ccccc3)cc2C=C2SC(=S)N(CCc3ccc(OC)cc3)C2=O)c(C)c1. The smallest absolute Gasteiger partial charge is 0.266 e. The number of carbonyl (C=O) groups is 1. The third kappa shape index (κ3) is 6.03. The number of hydrogen-bond acceptors (Lipinski definition) is 6. The van der Waals surface area contributed by atoms with Crippen LogP contribution in [-0.2, 0) is 11.2 Å². The molecule has 0 N–H and O–H groups in total. The fraction of sp³-hybridized carbons (Fsp3) is 0.156. The van der Waals surface area contributed by atoms with Crippen molar-refractivity contribution in [2.75, 3.05) is 20.3 Å². The number of hydrogen-bond donors (Lipinski definition) is 0. The van der Waals surface area contributed by atoms with Gasteiger partial charge in [0.15, 0.2) is 0 Å². The minimum Gasteiger partial charge on any atom is -0.497 e. The van der Waals surface area contributed by atoms with E-state index in [1.54, 1.807) is 18.1 Å². The molecule has 0 atom stereocenters. The van der Waals surface area contributed by atoms with Gasteiger partial charge in [-0.3, -0.25) is 9.69 Å². The number of aromatic nitrogens is 2. The zero-order chi connectivity index (χ0) is 28.1. The van der Waals surface area contributed by atoms with E-state index in [2.05, 4.69) is 6.58 Å². The van der Waals surface area contributed by atoms with Gasteiger partial charge >= 0.3 is 0 Å². The molecule has 6 nitrogen and oxygen atoms in total. The normalized spacial score (nSPS) is 14.2. The van der Waals surface area contributed by atoms with Gasteiger partial charge in [0.1, 0.15) is 28.1 Å². The number of rotatable bonds is 10. The van der Waals surface area contributed by atoms with Gasteiger partial charge in [0.25, 0.3) is 5.91 Å². The highest BCUT2D eigenvalue weighted by atomic mass is 32.2. The lowest BCUT2D eigenvalue weighted by molar-refractivity contribution is -0.122. The minimum absolute atomic E-state index is 0.0909. The van der Waals surface area contributed by atoms with Crippen molar-refractivity contribution in [3.63, 3.8) is 0 Å². The predicted octanol–water partition coefficient (Wildman–Crippen LogP) is 6.87. The zero-order valence-electron chi connectivity index (χ0n) is 22.4. The summed E-state index contributed by atoms with van der Waals surface area (Å²) in [6.07, 6.45) is 6.27. The first-order valence-electron chi connectivity index (χ1n) is 12.8. The fourth-order valence-electron chi connectivity index (χ4n) is 4.43. The molecule has 0 saturated carbocycles. The maximum absolute atomic E-state index is 13.5. The van der Waals surface area contributed by atoms with E-state index in [1.165, 1.54) is 11.8 Å². The number of nitrogens with zero attached hydrogens (tertiary/aromatic N) is 3. The lowest BCUT2D eigenvalue weighted by atomic mass is 10.0. The maximum Gasteiger partial charge on any atom is 0.266 e. The summed E-state index contributed by atoms with van der Waals surface area (Å²) in [5, 5.41) is 4.94. The molecule has 1 amide bonds. The summed E-state index contributed by atoms with van der Waals surface area (Å²) in [5.41, 5.74) is 5.63. The fourth-order valence-corrected chi connectivity index (χ4v) is 5.73. The Balaban J connectivity index is 1.45. The molecule has 0 spiro atoms. The number of thioether (sulfide) groups is 1. The predicted molar refractivity (Wildman–Crippen MR) is 166 cm³/mol. The Bertz CT molecular complexity index is 1580. The molecular formula is C32H29N3O3S2. The van der Waals surface area contributed by atoms with Crippen molar-refractivity contribution in [2.24, 2.45) is 0 Å². The molecular weight excluding hydrogens is 539 g/mol. The van der Waals surface area contributed by atoms with E-state index >= 15 is 0 Å². The Morgan fingerprint density at radius 2 is 1.80 bits per heavy atom. The quantitative estimate of drug-likeness (QED) is 0.119. The van der Waals surface area contributed by atoms with E-state index < -0.39 is 0 Å². The topological polar surface area (TPSA) is 56.6 Å². The summed E-state index contributed by atoms with van der Waals surface area (Å²) in [5.74, 6) is 1.48. The molecule has 0 bridgehead atoms. The van der Waals surface area contributed by atoms with E-state index in [9.17, 15) is 4.79 Å². The van der Waals surface area contributed by atoms with Crippen molar-refractivity contribution in [3.8, 4) is 28.4 Å². The van der Waals surface area contributed by atoms with E-state index in [4.69, 9.17) is 26.8 Å². The third-order valence-corrected chi connectivity index (χ3v) is 7.91. The van der Waals surface area contributed by atoms with Gasteiger partial charge in [0, 0.05) is 23.9 Å². The van der Waals surface area contributed by atoms with Gasteiger partial charge in [-0.1, -0.05) is 67.0 Å². The van der Waals surface area contributed by atoms with Crippen LogP contribution < -0.4 is 9.47 Å². The number of ether oxygens (including phenoxy) is 2. The van der Waals surface area contributed by atoms with Gasteiger partial charge in [-0.25, -0.2) is 4.68 Å². The highest BCUT2D eigenvalue weighted by Gasteiger charge is 2.32. The molecule has 1 aliphatic heterocycles. The molecule has 1 aromatic heterocycles. The number of para-hydroxylation sites is 1. The maximum atomic E-state index is 13.5. The van der Waals surface area contributed by atoms with Crippen molar-refractivity contribution in [1.82, 2.24) is 14.7 Å². The lowest BCUT2D eigenvalue weighted by Crippen LogP contribution is -2.30. The van der Waals surface area contributed by atoms with Crippen molar-refractivity contribution in [2.45, 2.75) is 13.3 Å². The van der Waals surface area contributed by atoms with Crippen LogP contribution >= 0.6 is 24.0 Å². The first-order valence-corrected chi connectivity index (χ1v) is 14.1. The van der Waals surface area contributed by atoms with Crippen LogP contribution in [0, 0.1) is 6.92 Å². The van der Waals surface area contributed by atoms with E-state index in [-0.39, 0.29) is 5.91 Å². The molecule has 2 heterocycles. The largest absolute Gasteiger partial charge is 0.497 e. The van der Waals surface area contributed by atoms with E-state index in [1.807, 2.05) is 96.7 Å². The second kappa shape index (κ2) is 12.4. The van der Waals surface area contributed by atoms with Gasteiger partial charge in [0.2, 0.25) is 0 Å². The second-order valence-electron chi connectivity index (χ2n) is 9.22. The van der Waals surface area contributed by atoms with Crippen molar-refractivity contribution >= 4 is 40.3 Å². The molecule has 0 radical (unpaired) electrons. The summed E-state index contributed by atoms with van der Waals surface area (Å²) in [6, 6.07) is 23.7. The highest BCUT2D eigenvalue weighted by Crippen LogP contribution is 2.36. The number of carbonyl (C=O) groups excluding carboxylic acids is 1. The number of thiocarbonyl (C=S) groups is 1. The Labute approximate surface area is 243 Å². The summed E-state index contributed by atoms with van der Waals surface area (Å²) >= 11 is 6.93. The molecule has 0 unspecified atom stereocenters. The molecule has 5 rings (SSSR count). The molecule has 202 valence electrons. The third-order valence-electron chi connectivity index (χ3n) is 6.53. The van der Waals surface area contributed by atoms with Crippen LogP contribution in [0.1, 0.15) is 16.7 Å². The van der Waals surface area contributed by atoms with Gasteiger partial charge in [-0.2, -0.15) is 5.10 Å². The lowest BCUT2D eigenvalue weighted by Gasteiger charge is -2.14. The second-order valence-corrected chi connectivity index (χ2v) is 10.9.